The van der Waals surface area contributed by atoms with Gasteiger partial charge in [-0.05, 0) is 57.2 Å². The maximum atomic E-state index is 12.1. The molecule has 5 nitrogen and oxygen atoms in total. The van der Waals surface area contributed by atoms with Gasteiger partial charge in [-0.1, -0.05) is 43.2 Å². The van der Waals surface area contributed by atoms with Crippen molar-refractivity contribution in [1.29, 1.82) is 0 Å². The number of amides is 2. The summed E-state index contributed by atoms with van der Waals surface area (Å²) >= 11 is 0. The van der Waals surface area contributed by atoms with Gasteiger partial charge < -0.3 is 15.5 Å². The summed E-state index contributed by atoms with van der Waals surface area (Å²) in [7, 11) is 0. The molecule has 2 amide bonds. The van der Waals surface area contributed by atoms with Crippen molar-refractivity contribution in [2.45, 2.75) is 57.5 Å². The number of nitrogens with one attached hydrogen (secondary N) is 2. The van der Waals surface area contributed by atoms with Crippen LogP contribution in [0.5, 0.6) is 0 Å². The molecule has 1 saturated heterocycles. The predicted octanol–water partition coefficient (Wildman–Crippen LogP) is 2.63. The Morgan fingerprint density at radius 2 is 1.69 bits per heavy atom. The highest BCUT2D eigenvalue weighted by Gasteiger charge is 2.27. The van der Waals surface area contributed by atoms with Gasteiger partial charge in [-0.25, -0.2) is 0 Å². The van der Waals surface area contributed by atoms with E-state index in [0.717, 1.165) is 37.5 Å². The molecule has 5 heteroatoms. The second-order valence-corrected chi connectivity index (χ2v) is 7.73. The van der Waals surface area contributed by atoms with Gasteiger partial charge in [0.1, 0.15) is 0 Å². The van der Waals surface area contributed by atoms with Gasteiger partial charge in [-0.2, -0.15) is 0 Å². The SMILES string of the molecule is CC(NC(=O)C(=O)NCC1CCN(C2CCCC2)CC1)c1ccccc1. The molecule has 2 N–H and O–H groups in total. The number of hydrogen-bond acceptors (Lipinski definition) is 3. The van der Waals surface area contributed by atoms with Crippen LogP contribution in [-0.2, 0) is 9.59 Å². The maximum Gasteiger partial charge on any atom is 0.309 e. The number of nitrogens with zero attached hydrogens (tertiary/aromatic N) is 1. The molecule has 0 radical (unpaired) electrons. The molecule has 1 unspecified atom stereocenters. The van der Waals surface area contributed by atoms with Crippen molar-refractivity contribution in [2.75, 3.05) is 19.6 Å². The molecule has 1 saturated carbocycles. The second-order valence-electron chi connectivity index (χ2n) is 7.73. The Morgan fingerprint density at radius 3 is 2.35 bits per heavy atom. The van der Waals surface area contributed by atoms with Crippen LogP contribution in [-0.4, -0.2) is 42.4 Å². The van der Waals surface area contributed by atoms with Crippen molar-refractivity contribution in [2.24, 2.45) is 5.92 Å². The molecule has 26 heavy (non-hydrogen) atoms. The maximum absolute atomic E-state index is 12.1. The van der Waals surface area contributed by atoms with Crippen molar-refractivity contribution in [3.8, 4) is 0 Å². The summed E-state index contributed by atoms with van der Waals surface area (Å²) in [5.41, 5.74) is 0.993. The monoisotopic (exact) mass is 357 g/mol. The number of hydrogen-bond donors (Lipinski definition) is 2. The summed E-state index contributed by atoms with van der Waals surface area (Å²) in [6, 6.07) is 10.3. The van der Waals surface area contributed by atoms with E-state index in [1.807, 2.05) is 37.3 Å². The average Bonchev–Trinajstić information content (AvgIpc) is 3.22. The largest absolute Gasteiger partial charge is 0.348 e. The molecule has 2 fully saturated rings. The Balaban J connectivity index is 1.36. The van der Waals surface area contributed by atoms with Crippen LogP contribution in [0.3, 0.4) is 0 Å². The van der Waals surface area contributed by atoms with Crippen molar-refractivity contribution in [1.82, 2.24) is 15.5 Å². The quantitative estimate of drug-likeness (QED) is 0.797. The van der Waals surface area contributed by atoms with Crippen LogP contribution in [0.1, 0.15) is 57.1 Å². The fourth-order valence-electron chi connectivity index (χ4n) is 4.20. The topological polar surface area (TPSA) is 61.4 Å². The molecule has 1 aliphatic carbocycles. The van der Waals surface area contributed by atoms with Crippen LogP contribution < -0.4 is 10.6 Å². The highest BCUT2D eigenvalue weighted by molar-refractivity contribution is 6.35. The molecule has 3 rings (SSSR count). The lowest BCUT2D eigenvalue weighted by molar-refractivity contribution is -0.139. The number of piperidine rings is 1. The first-order valence-electron chi connectivity index (χ1n) is 10.0. The van der Waals surface area contributed by atoms with E-state index in [-0.39, 0.29) is 6.04 Å². The van der Waals surface area contributed by atoms with Gasteiger partial charge in [0.15, 0.2) is 0 Å². The first kappa shape index (κ1) is 18.9. The third-order valence-corrected chi connectivity index (χ3v) is 5.89. The van der Waals surface area contributed by atoms with E-state index < -0.39 is 11.8 Å². The minimum absolute atomic E-state index is 0.177. The van der Waals surface area contributed by atoms with Crippen LogP contribution >= 0.6 is 0 Å². The first-order valence-corrected chi connectivity index (χ1v) is 10.0. The Kier molecular flexibility index (Phi) is 6.67. The summed E-state index contributed by atoms with van der Waals surface area (Å²) in [6.45, 7) is 4.74. The molecule has 1 aliphatic heterocycles. The summed E-state index contributed by atoms with van der Waals surface area (Å²) < 4.78 is 0. The fourth-order valence-corrected chi connectivity index (χ4v) is 4.20. The molecule has 1 heterocycles. The van der Waals surface area contributed by atoms with Gasteiger partial charge in [0, 0.05) is 12.6 Å². The van der Waals surface area contributed by atoms with Crippen molar-refractivity contribution >= 4 is 11.8 Å². The van der Waals surface area contributed by atoms with Crippen molar-refractivity contribution < 1.29 is 9.59 Å². The van der Waals surface area contributed by atoms with E-state index in [2.05, 4.69) is 15.5 Å². The highest BCUT2D eigenvalue weighted by atomic mass is 16.2. The lowest BCUT2D eigenvalue weighted by atomic mass is 9.95. The van der Waals surface area contributed by atoms with Crippen molar-refractivity contribution in [3.63, 3.8) is 0 Å². The first-order chi connectivity index (χ1) is 12.6. The fraction of sp³-hybridized carbons (Fsp3) is 0.619. The van der Waals surface area contributed by atoms with E-state index in [4.69, 9.17) is 0 Å². The predicted molar refractivity (Wildman–Crippen MR) is 103 cm³/mol. The zero-order valence-corrected chi connectivity index (χ0v) is 15.7. The molecular weight excluding hydrogens is 326 g/mol. The van der Waals surface area contributed by atoms with Gasteiger partial charge in [0.2, 0.25) is 0 Å². The van der Waals surface area contributed by atoms with Gasteiger partial charge in [-0.3, -0.25) is 9.59 Å². The second kappa shape index (κ2) is 9.17. The Morgan fingerprint density at radius 1 is 1.04 bits per heavy atom. The van der Waals surface area contributed by atoms with Gasteiger partial charge in [0.25, 0.3) is 0 Å². The normalized spacial score (nSPS) is 20.7. The zero-order valence-electron chi connectivity index (χ0n) is 15.7. The molecule has 0 aromatic heterocycles. The summed E-state index contributed by atoms with van der Waals surface area (Å²) in [5, 5.41) is 5.59. The lowest BCUT2D eigenvalue weighted by Gasteiger charge is -2.36. The van der Waals surface area contributed by atoms with Crippen LogP contribution in [0.2, 0.25) is 0 Å². The highest BCUT2D eigenvalue weighted by Crippen LogP contribution is 2.27. The van der Waals surface area contributed by atoms with Crippen LogP contribution in [0.4, 0.5) is 0 Å². The lowest BCUT2D eigenvalue weighted by Crippen LogP contribution is -2.45. The number of carbonyl (C=O) groups is 2. The number of rotatable bonds is 5. The third-order valence-electron chi connectivity index (χ3n) is 5.89. The molecule has 2 aliphatic rings. The van der Waals surface area contributed by atoms with E-state index in [0.29, 0.717) is 12.5 Å². The average molecular weight is 357 g/mol. The summed E-state index contributed by atoms with van der Waals surface area (Å²) in [6.07, 6.45) is 7.66. The van der Waals surface area contributed by atoms with E-state index in [1.165, 1.54) is 25.7 Å². The van der Waals surface area contributed by atoms with Crippen LogP contribution in [0.25, 0.3) is 0 Å². The van der Waals surface area contributed by atoms with E-state index in [1.54, 1.807) is 0 Å². The number of benzene rings is 1. The molecule has 0 spiro atoms. The standard InChI is InChI=1S/C21H31N3O2/c1-16(18-7-3-2-4-8-18)23-21(26)20(25)22-15-17-11-13-24(14-12-17)19-9-5-6-10-19/h2-4,7-8,16-17,19H,5-6,9-15H2,1H3,(H,22,25)(H,23,26). The van der Waals surface area contributed by atoms with Gasteiger partial charge >= 0.3 is 11.8 Å². The molecule has 1 aromatic rings. The molecule has 142 valence electrons. The Labute approximate surface area is 156 Å². The minimum atomic E-state index is -0.551. The van der Waals surface area contributed by atoms with Crippen LogP contribution in [0.15, 0.2) is 30.3 Å². The van der Waals surface area contributed by atoms with E-state index in [9.17, 15) is 9.59 Å². The van der Waals surface area contributed by atoms with Gasteiger partial charge in [-0.15, -0.1) is 0 Å². The van der Waals surface area contributed by atoms with E-state index >= 15 is 0 Å². The number of likely N-dealkylation sites (tertiary alicyclic amines) is 1. The number of carbonyl (C=O) groups excluding carboxylic acids is 2. The van der Waals surface area contributed by atoms with Gasteiger partial charge in [0.05, 0.1) is 6.04 Å². The Bertz CT molecular complexity index is 591. The summed E-state index contributed by atoms with van der Waals surface area (Å²) in [5.74, 6) is -0.591. The van der Waals surface area contributed by atoms with Crippen LogP contribution in [0, 0.1) is 5.92 Å². The zero-order chi connectivity index (χ0) is 18.4. The molecule has 0 bridgehead atoms. The van der Waals surface area contributed by atoms with Crippen molar-refractivity contribution in [3.05, 3.63) is 35.9 Å². The molecule has 1 atom stereocenters. The Hall–Kier alpha value is -1.88. The smallest absolute Gasteiger partial charge is 0.309 e. The minimum Gasteiger partial charge on any atom is -0.348 e. The third kappa shape index (κ3) is 5.07. The molecule has 1 aromatic carbocycles. The summed E-state index contributed by atoms with van der Waals surface area (Å²) in [4.78, 5) is 26.8. The molecular formula is C21H31N3O2.